The molecule has 1 aromatic carbocycles. The molecule has 1 aliphatic rings. The van der Waals surface area contributed by atoms with E-state index in [4.69, 9.17) is 16.3 Å². The highest BCUT2D eigenvalue weighted by Gasteiger charge is 2.24. The zero-order chi connectivity index (χ0) is 16.4. The Kier molecular flexibility index (Phi) is 4.39. The lowest BCUT2D eigenvalue weighted by Crippen LogP contribution is -2.17. The molecule has 23 heavy (non-hydrogen) atoms. The van der Waals surface area contributed by atoms with E-state index in [0.717, 1.165) is 0 Å². The van der Waals surface area contributed by atoms with Gasteiger partial charge in [-0.2, -0.15) is 0 Å². The van der Waals surface area contributed by atoms with Gasteiger partial charge in [-0.05, 0) is 43.9 Å². The predicted octanol–water partition coefficient (Wildman–Crippen LogP) is 3.38. The van der Waals surface area contributed by atoms with Crippen molar-refractivity contribution >= 4 is 23.2 Å². The second-order valence-corrected chi connectivity index (χ2v) is 6.13. The molecule has 5 nitrogen and oxygen atoms in total. The van der Waals surface area contributed by atoms with Gasteiger partial charge in [-0.1, -0.05) is 17.7 Å². The van der Waals surface area contributed by atoms with Crippen molar-refractivity contribution in [3.8, 4) is 5.75 Å². The van der Waals surface area contributed by atoms with Crippen LogP contribution in [-0.2, 0) is 0 Å². The number of aromatic nitrogens is 1. The number of carbonyl (C=O) groups is 1. The van der Waals surface area contributed by atoms with Gasteiger partial charge in [-0.3, -0.25) is 9.59 Å². The zero-order valence-electron chi connectivity index (χ0n) is 12.7. The minimum atomic E-state index is -0.368. The molecule has 0 radical (unpaired) electrons. The van der Waals surface area contributed by atoms with Gasteiger partial charge >= 0.3 is 0 Å². The van der Waals surface area contributed by atoms with Crippen LogP contribution >= 0.6 is 11.6 Å². The summed E-state index contributed by atoms with van der Waals surface area (Å²) in [6.07, 6.45) is 3.78. The Hall–Kier alpha value is -2.27. The van der Waals surface area contributed by atoms with E-state index in [1.54, 1.807) is 31.2 Å². The smallest absolute Gasteiger partial charge is 0.260 e. The second kappa shape index (κ2) is 6.46. The van der Waals surface area contributed by atoms with Crippen molar-refractivity contribution in [1.82, 2.24) is 4.98 Å². The van der Waals surface area contributed by atoms with Crippen LogP contribution in [-0.4, -0.2) is 17.5 Å². The van der Waals surface area contributed by atoms with Gasteiger partial charge in [0.1, 0.15) is 11.3 Å². The standard InChI is InChI=1S/C17H17ClN2O3/c1-10-7-12(8-19-16(10)21)20-17(22)15-13(18)3-2-4-14(15)23-9-11-5-6-11/h2-4,7-8,11H,5-6,9H2,1H3,(H,19,21)(H,20,22). The van der Waals surface area contributed by atoms with Crippen LogP contribution in [0.15, 0.2) is 35.3 Å². The Morgan fingerprint density at radius 2 is 2.22 bits per heavy atom. The summed E-state index contributed by atoms with van der Waals surface area (Å²) < 4.78 is 5.74. The molecule has 6 heteroatoms. The molecule has 1 aliphatic carbocycles. The summed E-state index contributed by atoms with van der Waals surface area (Å²) in [6.45, 7) is 2.27. The van der Waals surface area contributed by atoms with E-state index in [9.17, 15) is 9.59 Å². The number of aryl methyl sites for hydroxylation is 1. The molecular formula is C17H17ClN2O3. The number of ether oxygens (including phenoxy) is 1. The van der Waals surface area contributed by atoms with Crippen LogP contribution in [0.5, 0.6) is 5.75 Å². The summed E-state index contributed by atoms with van der Waals surface area (Å²) in [5, 5.41) is 3.07. The first-order valence-corrected chi connectivity index (χ1v) is 7.84. The summed E-state index contributed by atoms with van der Waals surface area (Å²) in [7, 11) is 0. The van der Waals surface area contributed by atoms with Gasteiger partial charge in [0.2, 0.25) is 0 Å². The van der Waals surface area contributed by atoms with Gasteiger partial charge in [-0.25, -0.2) is 0 Å². The first-order valence-electron chi connectivity index (χ1n) is 7.46. The molecule has 3 rings (SSSR count). The highest BCUT2D eigenvalue weighted by Crippen LogP contribution is 2.32. The lowest BCUT2D eigenvalue weighted by Gasteiger charge is -2.13. The number of benzene rings is 1. The third-order valence-corrected chi connectivity index (χ3v) is 4.04. The first-order chi connectivity index (χ1) is 11.0. The molecule has 1 saturated carbocycles. The van der Waals surface area contributed by atoms with Gasteiger partial charge in [0, 0.05) is 11.8 Å². The fraction of sp³-hybridized carbons (Fsp3) is 0.294. The number of aromatic amines is 1. The van der Waals surface area contributed by atoms with E-state index in [1.165, 1.54) is 19.0 Å². The highest BCUT2D eigenvalue weighted by atomic mass is 35.5. The number of pyridine rings is 1. The van der Waals surface area contributed by atoms with Crippen LogP contribution in [0.25, 0.3) is 0 Å². The number of rotatable bonds is 5. The normalized spacial score (nSPS) is 13.7. The molecule has 0 saturated heterocycles. The number of anilines is 1. The van der Waals surface area contributed by atoms with Crippen LogP contribution in [0.3, 0.4) is 0 Å². The third kappa shape index (κ3) is 3.74. The Labute approximate surface area is 138 Å². The third-order valence-electron chi connectivity index (χ3n) is 3.72. The van der Waals surface area contributed by atoms with Crippen LogP contribution in [0.4, 0.5) is 5.69 Å². The van der Waals surface area contributed by atoms with Crippen molar-refractivity contribution in [3.05, 3.63) is 57.0 Å². The molecule has 2 aromatic rings. The van der Waals surface area contributed by atoms with Crippen LogP contribution in [0, 0.1) is 12.8 Å². The molecule has 1 aromatic heterocycles. The second-order valence-electron chi connectivity index (χ2n) is 5.72. The number of H-pyrrole nitrogens is 1. The average molecular weight is 333 g/mol. The number of hydrogen-bond donors (Lipinski definition) is 2. The Morgan fingerprint density at radius 1 is 1.43 bits per heavy atom. The molecule has 1 fully saturated rings. The number of halogens is 1. The van der Waals surface area contributed by atoms with Crippen molar-refractivity contribution in [1.29, 1.82) is 0 Å². The van der Waals surface area contributed by atoms with Crippen molar-refractivity contribution in [2.75, 3.05) is 11.9 Å². The maximum absolute atomic E-state index is 12.5. The molecular weight excluding hydrogens is 316 g/mol. The Bertz CT molecular complexity index is 797. The lowest BCUT2D eigenvalue weighted by atomic mass is 10.1. The van der Waals surface area contributed by atoms with Crippen molar-refractivity contribution < 1.29 is 9.53 Å². The SMILES string of the molecule is Cc1cc(NC(=O)c2c(Cl)cccc2OCC2CC2)c[nH]c1=O. The fourth-order valence-corrected chi connectivity index (χ4v) is 2.45. The maximum Gasteiger partial charge on any atom is 0.260 e. The van der Waals surface area contributed by atoms with E-state index in [0.29, 0.717) is 40.1 Å². The molecule has 0 atom stereocenters. The summed E-state index contributed by atoms with van der Waals surface area (Å²) in [5.74, 6) is 0.683. The van der Waals surface area contributed by atoms with Gasteiger partial charge < -0.3 is 15.0 Å². The van der Waals surface area contributed by atoms with E-state index in [1.807, 2.05) is 0 Å². The van der Waals surface area contributed by atoms with Gasteiger partial charge in [0.05, 0.1) is 17.3 Å². The molecule has 0 spiro atoms. The fourth-order valence-electron chi connectivity index (χ4n) is 2.20. The van der Waals surface area contributed by atoms with Gasteiger partial charge in [0.25, 0.3) is 11.5 Å². The Morgan fingerprint density at radius 3 is 2.91 bits per heavy atom. The molecule has 1 amide bonds. The van der Waals surface area contributed by atoms with E-state index < -0.39 is 0 Å². The monoisotopic (exact) mass is 332 g/mol. The quantitative estimate of drug-likeness (QED) is 0.881. The topological polar surface area (TPSA) is 71.2 Å². The maximum atomic E-state index is 12.5. The predicted molar refractivity (Wildman–Crippen MR) is 89.4 cm³/mol. The van der Waals surface area contributed by atoms with E-state index in [-0.39, 0.29) is 11.5 Å². The van der Waals surface area contributed by atoms with E-state index >= 15 is 0 Å². The number of nitrogens with one attached hydrogen (secondary N) is 2. The molecule has 0 unspecified atom stereocenters. The molecule has 2 N–H and O–H groups in total. The largest absolute Gasteiger partial charge is 0.492 e. The Balaban J connectivity index is 1.82. The average Bonchev–Trinajstić information content (AvgIpc) is 3.33. The molecule has 1 heterocycles. The summed E-state index contributed by atoms with van der Waals surface area (Å²) in [6, 6.07) is 6.75. The molecule has 0 aliphatic heterocycles. The zero-order valence-corrected chi connectivity index (χ0v) is 13.4. The van der Waals surface area contributed by atoms with E-state index in [2.05, 4.69) is 10.3 Å². The number of carbonyl (C=O) groups excluding carboxylic acids is 1. The summed E-state index contributed by atoms with van der Waals surface area (Å²) in [4.78, 5) is 26.5. The van der Waals surface area contributed by atoms with Crippen LogP contribution in [0.1, 0.15) is 28.8 Å². The highest BCUT2D eigenvalue weighted by molar-refractivity contribution is 6.34. The first kappa shape index (κ1) is 15.6. The van der Waals surface area contributed by atoms with Crippen LogP contribution in [0.2, 0.25) is 5.02 Å². The number of hydrogen-bond acceptors (Lipinski definition) is 3. The van der Waals surface area contributed by atoms with Crippen molar-refractivity contribution in [2.45, 2.75) is 19.8 Å². The summed E-state index contributed by atoms with van der Waals surface area (Å²) in [5.41, 5.74) is 1.14. The molecule has 0 bridgehead atoms. The number of amides is 1. The van der Waals surface area contributed by atoms with Gasteiger partial charge in [-0.15, -0.1) is 0 Å². The lowest BCUT2D eigenvalue weighted by molar-refractivity contribution is 0.102. The minimum absolute atomic E-state index is 0.186. The summed E-state index contributed by atoms with van der Waals surface area (Å²) >= 11 is 6.18. The molecule has 120 valence electrons. The van der Waals surface area contributed by atoms with Gasteiger partial charge in [0.15, 0.2) is 0 Å². The minimum Gasteiger partial charge on any atom is -0.492 e. The van der Waals surface area contributed by atoms with Crippen molar-refractivity contribution in [2.24, 2.45) is 5.92 Å². The van der Waals surface area contributed by atoms with Crippen molar-refractivity contribution in [3.63, 3.8) is 0 Å². The van der Waals surface area contributed by atoms with Crippen LogP contribution < -0.4 is 15.6 Å².